The standard InChI is InChI=1S/C34H42ClN3O5/c1-8-34(6,7)38(29(24-14-10-9-11-15-24)30(40)37-28-22(2)13-12-16-26(28)35)31(41)27(36-32(42)43-33(3,4)5)21-23-17-19-25(39)20-18-23/h9-20,27,29,39H,8,21H2,1-7H3,(H,36,42)(H,37,40). The predicted octanol–water partition coefficient (Wildman–Crippen LogP) is 7.19. The number of amides is 3. The summed E-state index contributed by atoms with van der Waals surface area (Å²) in [4.78, 5) is 43.5. The van der Waals surface area contributed by atoms with Gasteiger partial charge in [0.05, 0.1) is 10.7 Å². The molecule has 0 aliphatic carbocycles. The number of hydrogen-bond acceptors (Lipinski definition) is 5. The molecule has 0 bridgehead atoms. The number of carbonyl (C=O) groups excluding carboxylic acids is 3. The van der Waals surface area contributed by atoms with E-state index >= 15 is 0 Å². The first-order valence-electron chi connectivity index (χ1n) is 14.3. The zero-order valence-electron chi connectivity index (χ0n) is 25.9. The second kappa shape index (κ2) is 14.0. The Morgan fingerprint density at radius 1 is 0.930 bits per heavy atom. The lowest BCUT2D eigenvalue weighted by atomic mass is 9.91. The number of aryl methyl sites for hydroxylation is 1. The molecule has 0 fully saturated rings. The van der Waals surface area contributed by atoms with Gasteiger partial charge in [-0.3, -0.25) is 9.59 Å². The third kappa shape index (κ3) is 8.97. The average molecular weight is 608 g/mol. The van der Waals surface area contributed by atoms with Crippen molar-refractivity contribution < 1.29 is 24.2 Å². The van der Waals surface area contributed by atoms with Gasteiger partial charge in [0.25, 0.3) is 5.91 Å². The number of carbonyl (C=O) groups is 3. The second-order valence-electron chi connectivity index (χ2n) is 12.2. The number of para-hydroxylation sites is 1. The predicted molar refractivity (Wildman–Crippen MR) is 170 cm³/mol. The molecule has 0 saturated heterocycles. The first-order valence-corrected chi connectivity index (χ1v) is 14.7. The van der Waals surface area contributed by atoms with Crippen LogP contribution in [0.4, 0.5) is 10.5 Å². The van der Waals surface area contributed by atoms with Crippen LogP contribution in [-0.2, 0) is 20.7 Å². The summed E-state index contributed by atoms with van der Waals surface area (Å²) in [7, 11) is 0. The van der Waals surface area contributed by atoms with Crippen molar-refractivity contribution in [3.8, 4) is 5.75 Å². The monoisotopic (exact) mass is 607 g/mol. The number of hydrogen-bond donors (Lipinski definition) is 3. The van der Waals surface area contributed by atoms with Crippen molar-refractivity contribution in [1.29, 1.82) is 0 Å². The van der Waals surface area contributed by atoms with Gasteiger partial charge in [-0.05, 0) is 82.9 Å². The van der Waals surface area contributed by atoms with E-state index in [1.54, 1.807) is 62.1 Å². The Bertz CT molecular complexity index is 1400. The average Bonchev–Trinajstić information content (AvgIpc) is 2.93. The molecule has 0 aliphatic heterocycles. The largest absolute Gasteiger partial charge is 0.508 e. The van der Waals surface area contributed by atoms with Crippen molar-refractivity contribution in [3.63, 3.8) is 0 Å². The number of benzene rings is 3. The van der Waals surface area contributed by atoms with Gasteiger partial charge in [-0.1, -0.05) is 73.1 Å². The Hall–Kier alpha value is -4.04. The number of phenols is 1. The molecule has 0 heterocycles. The maximum absolute atomic E-state index is 14.7. The lowest BCUT2D eigenvalue weighted by molar-refractivity contribution is -0.147. The number of anilines is 1. The van der Waals surface area contributed by atoms with Gasteiger partial charge in [0.1, 0.15) is 23.4 Å². The molecule has 2 atom stereocenters. The summed E-state index contributed by atoms with van der Waals surface area (Å²) in [5, 5.41) is 15.9. The molecule has 2 unspecified atom stereocenters. The van der Waals surface area contributed by atoms with Crippen LogP contribution < -0.4 is 10.6 Å². The van der Waals surface area contributed by atoms with Crippen molar-refractivity contribution in [3.05, 3.63) is 94.5 Å². The molecule has 43 heavy (non-hydrogen) atoms. The normalized spacial score (nSPS) is 13.0. The van der Waals surface area contributed by atoms with Crippen LogP contribution in [0.15, 0.2) is 72.8 Å². The Balaban J connectivity index is 2.14. The minimum Gasteiger partial charge on any atom is -0.508 e. The molecular formula is C34H42ClN3O5. The van der Waals surface area contributed by atoms with Gasteiger partial charge < -0.3 is 25.4 Å². The lowest BCUT2D eigenvalue weighted by Gasteiger charge is -2.44. The molecule has 3 rings (SSSR count). The summed E-state index contributed by atoms with van der Waals surface area (Å²) in [6, 6.07) is 18.6. The van der Waals surface area contributed by atoms with Crippen LogP contribution in [0.25, 0.3) is 0 Å². The van der Waals surface area contributed by atoms with E-state index in [4.69, 9.17) is 16.3 Å². The summed E-state index contributed by atoms with van der Waals surface area (Å²) in [6.07, 6.45) is -0.147. The van der Waals surface area contributed by atoms with Crippen LogP contribution >= 0.6 is 11.6 Å². The summed E-state index contributed by atoms with van der Waals surface area (Å²) in [6.45, 7) is 12.8. The molecule has 3 aromatic carbocycles. The topological polar surface area (TPSA) is 108 Å². The van der Waals surface area contributed by atoms with Crippen molar-refractivity contribution in [2.24, 2.45) is 0 Å². The Morgan fingerprint density at radius 2 is 1.56 bits per heavy atom. The third-order valence-corrected chi connectivity index (χ3v) is 7.53. The molecule has 8 nitrogen and oxygen atoms in total. The van der Waals surface area contributed by atoms with Gasteiger partial charge in [0.2, 0.25) is 5.91 Å². The Kier molecular flexibility index (Phi) is 10.9. The minimum absolute atomic E-state index is 0.0798. The maximum Gasteiger partial charge on any atom is 0.408 e. The fourth-order valence-corrected chi connectivity index (χ4v) is 4.93. The van der Waals surface area contributed by atoms with E-state index in [0.717, 1.165) is 5.56 Å². The number of alkyl carbamates (subject to hydrolysis) is 1. The summed E-state index contributed by atoms with van der Waals surface area (Å²) in [5.74, 6) is -0.834. The van der Waals surface area contributed by atoms with Crippen molar-refractivity contribution >= 4 is 35.2 Å². The number of halogens is 1. The number of nitrogens with zero attached hydrogens (tertiary/aromatic N) is 1. The molecule has 0 aromatic heterocycles. The number of rotatable bonds is 10. The van der Waals surface area contributed by atoms with E-state index in [0.29, 0.717) is 28.3 Å². The number of ether oxygens (including phenoxy) is 1. The van der Waals surface area contributed by atoms with Crippen LogP contribution in [0.3, 0.4) is 0 Å². The first-order chi connectivity index (χ1) is 20.1. The van der Waals surface area contributed by atoms with Crippen molar-refractivity contribution in [2.75, 3.05) is 5.32 Å². The molecule has 3 aromatic rings. The zero-order chi connectivity index (χ0) is 31.9. The van der Waals surface area contributed by atoms with Gasteiger partial charge in [-0.2, -0.15) is 0 Å². The Morgan fingerprint density at radius 3 is 2.12 bits per heavy atom. The molecule has 3 amide bonds. The van der Waals surface area contributed by atoms with Crippen LogP contribution in [0.1, 0.15) is 70.7 Å². The quantitative estimate of drug-likeness (QED) is 0.226. The molecule has 0 spiro atoms. The van der Waals surface area contributed by atoms with Crippen molar-refractivity contribution in [2.45, 2.75) is 84.5 Å². The third-order valence-electron chi connectivity index (χ3n) is 7.21. The van der Waals surface area contributed by atoms with Crippen LogP contribution in [-0.4, -0.2) is 45.1 Å². The molecule has 3 N–H and O–H groups in total. The van der Waals surface area contributed by atoms with E-state index in [9.17, 15) is 19.5 Å². The van der Waals surface area contributed by atoms with Crippen LogP contribution in [0.2, 0.25) is 5.02 Å². The Labute approximate surface area is 259 Å². The lowest BCUT2D eigenvalue weighted by Crippen LogP contribution is -2.59. The maximum atomic E-state index is 14.7. The van der Waals surface area contributed by atoms with E-state index in [2.05, 4.69) is 10.6 Å². The molecule has 0 saturated carbocycles. The van der Waals surface area contributed by atoms with Crippen LogP contribution in [0.5, 0.6) is 5.75 Å². The SMILES string of the molecule is CCC(C)(C)N(C(=O)C(Cc1ccc(O)cc1)NC(=O)OC(C)(C)C)C(C(=O)Nc1c(C)cccc1Cl)c1ccccc1. The van der Waals surface area contributed by atoms with Crippen LogP contribution in [0, 0.1) is 6.92 Å². The first kappa shape index (κ1) is 33.5. The van der Waals surface area contributed by atoms with Gasteiger partial charge in [0, 0.05) is 12.0 Å². The molecular weight excluding hydrogens is 566 g/mol. The zero-order valence-corrected chi connectivity index (χ0v) is 26.7. The molecule has 9 heteroatoms. The minimum atomic E-state index is -1.09. The highest BCUT2D eigenvalue weighted by Crippen LogP contribution is 2.35. The van der Waals surface area contributed by atoms with Gasteiger partial charge in [-0.25, -0.2) is 4.79 Å². The summed E-state index contributed by atoms with van der Waals surface area (Å²) < 4.78 is 5.51. The number of aromatic hydroxyl groups is 1. The van der Waals surface area contributed by atoms with Gasteiger partial charge in [0.15, 0.2) is 0 Å². The highest BCUT2D eigenvalue weighted by Gasteiger charge is 2.43. The summed E-state index contributed by atoms with van der Waals surface area (Å²) >= 11 is 6.47. The fraction of sp³-hybridized carbons (Fsp3) is 0.382. The second-order valence-corrected chi connectivity index (χ2v) is 12.6. The summed E-state index contributed by atoms with van der Waals surface area (Å²) in [5.41, 5.74) is 0.918. The van der Waals surface area contributed by atoms with E-state index in [1.807, 2.05) is 52.0 Å². The molecule has 0 radical (unpaired) electrons. The molecule has 230 valence electrons. The highest BCUT2D eigenvalue weighted by molar-refractivity contribution is 6.34. The van der Waals surface area contributed by atoms with E-state index < -0.39 is 41.1 Å². The van der Waals surface area contributed by atoms with Gasteiger partial charge >= 0.3 is 6.09 Å². The smallest absolute Gasteiger partial charge is 0.408 e. The number of phenolic OH excluding ortho intramolecular Hbond substituents is 1. The fourth-order valence-electron chi connectivity index (χ4n) is 4.67. The van der Waals surface area contributed by atoms with E-state index in [1.165, 1.54) is 12.1 Å². The highest BCUT2D eigenvalue weighted by atomic mass is 35.5. The molecule has 0 aliphatic rings. The van der Waals surface area contributed by atoms with Crippen molar-refractivity contribution in [1.82, 2.24) is 10.2 Å². The van der Waals surface area contributed by atoms with Gasteiger partial charge in [-0.15, -0.1) is 0 Å². The number of nitrogens with one attached hydrogen (secondary N) is 2. The van der Waals surface area contributed by atoms with E-state index in [-0.39, 0.29) is 12.2 Å².